The average Bonchev–Trinajstić information content (AvgIpc) is 3.37. The van der Waals surface area contributed by atoms with Crippen LogP contribution in [0.15, 0.2) is 53.4 Å². The Balaban J connectivity index is 1.41. The number of aryl methyl sites for hydroxylation is 1. The van der Waals surface area contributed by atoms with Crippen LogP contribution in [-0.2, 0) is 21.2 Å². The van der Waals surface area contributed by atoms with Gasteiger partial charge in [0.2, 0.25) is 5.91 Å². The molecule has 4 rings (SSSR count). The van der Waals surface area contributed by atoms with Crippen LogP contribution in [0.2, 0.25) is 0 Å². The molecule has 2 aromatic rings. The number of rotatable bonds is 8. The molecule has 1 atom stereocenters. The number of sulfonamides is 1. The number of carbonyl (C=O) groups is 2. The molecule has 8 heteroatoms. The summed E-state index contributed by atoms with van der Waals surface area (Å²) < 4.78 is 28.3. The number of benzene rings is 2. The van der Waals surface area contributed by atoms with Gasteiger partial charge in [0.25, 0.3) is 15.9 Å². The van der Waals surface area contributed by atoms with E-state index >= 15 is 0 Å². The van der Waals surface area contributed by atoms with E-state index in [1.807, 2.05) is 12.1 Å². The third-order valence-corrected chi connectivity index (χ3v) is 8.31. The zero-order chi connectivity index (χ0) is 24.8. The van der Waals surface area contributed by atoms with Gasteiger partial charge in [0, 0.05) is 30.4 Å². The lowest BCUT2D eigenvalue weighted by Gasteiger charge is -2.32. The largest absolute Gasteiger partial charge is 0.353 e. The van der Waals surface area contributed by atoms with Gasteiger partial charge in [-0.3, -0.25) is 14.3 Å². The predicted octanol–water partition coefficient (Wildman–Crippen LogP) is 4.35. The first-order valence-electron chi connectivity index (χ1n) is 12.7. The first-order chi connectivity index (χ1) is 16.9. The molecule has 1 aliphatic carbocycles. The van der Waals surface area contributed by atoms with Gasteiger partial charge in [0.1, 0.15) is 0 Å². The molecule has 1 heterocycles. The Morgan fingerprint density at radius 1 is 1.00 bits per heavy atom. The zero-order valence-corrected chi connectivity index (χ0v) is 21.1. The van der Waals surface area contributed by atoms with Gasteiger partial charge >= 0.3 is 0 Å². The quantitative estimate of drug-likeness (QED) is 0.567. The van der Waals surface area contributed by atoms with Crippen LogP contribution in [0.25, 0.3) is 0 Å². The Labute approximate surface area is 208 Å². The predicted molar refractivity (Wildman–Crippen MR) is 137 cm³/mol. The van der Waals surface area contributed by atoms with Crippen molar-refractivity contribution >= 4 is 27.5 Å². The second-order valence-electron chi connectivity index (χ2n) is 9.66. The first-order valence-corrected chi connectivity index (χ1v) is 14.2. The normalized spacial score (nSPS) is 18.9. The van der Waals surface area contributed by atoms with Crippen LogP contribution < -0.4 is 10.0 Å². The summed E-state index contributed by atoms with van der Waals surface area (Å²) in [6, 6.07) is 13.7. The highest BCUT2D eigenvalue weighted by molar-refractivity contribution is 7.92. The lowest BCUT2D eigenvalue weighted by Crippen LogP contribution is -2.47. The maximum absolute atomic E-state index is 13.2. The summed E-state index contributed by atoms with van der Waals surface area (Å²) in [7, 11) is -3.77. The summed E-state index contributed by atoms with van der Waals surface area (Å²) in [6.07, 6.45) is 7.83. The minimum atomic E-state index is -3.77. The highest BCUT2D eigenvalue weighted by Crippen LogP contribution is 2.24. The summed E-state index contributed by atoms with van der Waals surface area (Å²) in [6.45, 7) is 3.05. The Morgan fingerprint density at radius 2 is 1.74 bits per heavy atom. The zero-order valence-electron chi connectivity index (χ0n) is 20.3. The van der Waals surface area contributed by atoms with Gasteiger partial charge in [-0.05, 0) is 68.0 Å². The van der Waals surface area contributed by atoms with Gasteiger partial charge in [-0.15, -0.1) is 0 Å². The van der Waals surface area contributed by atoms with Crippen molar-refractivity contribution in [1.29, 1.82) is 0 Å². The van der Waals surface area contributed by atoms with Gasteiger partial charge in [-0.1, -0.05) is 44.4 Å². The molecule has 2 aromatic carbocycles. The fourth-order valence-corrected chi connectivity index (χ4v) is 6.05. The topological polar surface area (TPSA) is 95.6 Å². The average molecular weight is 498 g/mol. The molecule has 1 unspecified atom stereocenters. The number of likely N-dealkylation sites (tertiary alicyclic amines) is 1. The molecule has 188 valence electrons. The summed E-state index contributed by atoms with van der Waals surface area (Å²) in [5.41, 5.74) is 1.83. The molecule has 35 heavy (non-hydrogen) atoms. The second-order valence-corrected chi connectivity index (χ2v) is 11.3. The number of nitrogens with one attached hydrogen (secondary N) is 2. The third-order valence-electron chi connectivity index (χ3n) is 6.92. The highest BCUT2D eigenvalue weighted by atomic mass is 32.2. The van der Waals surface area contributed by atoms with E-state index in [1.54, 1.807) is 41.3 Å². The lowest BCUT2D eigenvalue weighted by atomic mass is 9.96. The molecule has 0 aromatic heterocycles. The third kappa shape index (κ3) is 6.42. The number of piperidine rings is 1. The van der Waals surface area contributed by atoms with E-state index in [0.717, 1.165) is 56.9 Å². The number of amides is 2. The van der Waals surface area contributed by atoms with E-state index in [-0.39, 0.29) is 28.7 Å². The molecule has 7 nitrogen and oxygen atoms in total. The molecule has 2 fully saturated rings. The van der Waals surface area contributed by atoms with Gasteiger partial charge in [0.15, 0.2) is 0 Å². The number of carbonyl (C=O) groups excluding carboxylic acids is 2. The molecule has 1 aliphatic heterocycles. The fraction of sp³-hybridized carbons (Fsp3) is 0.481. The standard InChI is InChI=1S/C27H35N3O4S/c1-2-7-20-13-15-25(16-14-20)35(33,34)29-24-12-5-8-21(18-24)27(32)30-17-6-9-22(19-30)26(31)28-23-10-3-4-11-23/h5,8,12-16,18,22-23,29H,2-4,6-7,9-11,17,19H2,1H3,(H,28,31). The minimum absolute atomic E-state index is 0.0425. The van der Waals surface area contributed by atoms with Crippen LogP contribution in [0.3, 0.4) is 0 Å². The van der Waals surface area contributed by atoms with E-state index in [0.29, 0.717) is 24.3 Å². The van der Waals surface area contributed by atoms with Gasteiger partial charge in [-0.25, -0.2) is 8.42 Å². The van der Waals surface area contributed by atoms with Crippen LogP contribution in [-0.4, -0.2) is 44.3 Å². The Bertz CT molecular complexity index is 1140. The van der Waals surface area contributed by atoms with E-state index < -0.39 is 10.0 Å². The maximum atomic E-state index is 13.2. The van der Waals surface area contributed by atoms with Crippen LogP contribution in [0.5, 0.6) is 0 Å². The maximum Gasteiger partial charge on any atom is 0.261 e. The molecule has 0 bridgehead atoms. The minimum Gasteiger partial charge on any atom is -0.353 e. The Kier molecular flexibility index (Phi) is 8.11. The van der Waals surface area contributed by atoms with Crippen molar-refractivity contribution in [3.8, 4) is 0 Å². The van der Waals surface area contributed by atoms with Crippen LogP contribution in [0, 0.1) is 5.92 Å². The monoisotopic (exact) mass is 497 g/mol. The summed E-state index contributed by atoms with van der Waals surface area (Å²) >= 11 is 0. The Morgan fingerprint density at radius 3 is 2.46 bits per heavy atom. The van der Waals surface area contributed by atoms with E-state index in [2.05, 4.69) is 17.0 Å². The number of nitrogens with zero attached hydrogens (tertiary/aromatic N) is 1. The van der Waals surface area contributed by atoms with E-state index in [9.17, 15) is 18.0 Å². The SMILES string of the molecule is CCCc1ccc(S(=O)(=O)Nc2cccc(C(=O)N3CCCC(C(=O)NC4CCCC4)C3)c2)cc1. The molecule has 0 spiro atoms. The lowest BCUT2D eigenvalue weighted by molar-refractivity contribution is -0.127. The van der Waals surface area contributed by atoms with Crippen LogP contribution >= 0.6 is 0 Å². The highest BCUT2D eigenvalue weighted by Gasteiger charge is 2.30. The molecule has 0 radical (unpaired) electrons. The summed E-state index contributed by atoms with van der Waals surface area (Å²) in [5, 5.41) is 3.16. The van der Waals surface area contributed by atoms with Gasteiger partial charge in [-0.2, -0.15) is 0 Å². The second kappa shape index (κ2) is 11.2. The van der Waals surface area contributed by atoms with Crippen molar-refractivity contribution in [3.63, 3.8) is 0 Å². The smallest absolute Gasteiger partial charge is 0.261 e. The van der Waals surface area contributed by atoms with Gasteiger partial charge < -0.3 is 10.2 Å². The van der Waals surface area contributed by atoms with Crippen LogP contribution in [0.4, 0.5) is 5.69 Å². The molecule has 1 saturated heterocycles. The van der Waals surface area contributed by atoms with Crippen molar-refractivity contribution in [2.24, 2.45) is 5.92 Å². The number of hydrogen-bond acceptors (Lipinski definition) is 4. The van der Waals surface area contributed by atoms with Crippen LogP contribution in [0.1, 0.15) is 67.8 Å². The molecule has 2 N–H and O–H groups in total. The van der Waals surface area contributed by atoms with Crippen molar-refractivity contribution in [3.05, 3.63) is 59.7 Å². The van der Waals surface area contributed by atoms with Crippen molar-refractivity contribution in [2.75, 3.05) is 17.8 Å². The summed E-state index contributed by atoms with van der Waals surface area (Å²) in [5.74, 6) is -0.347. The van der Waals surface area contributed by atoms with Crippen molar-refractivity contribution in [1.82, 2.24) is 10.2 Å². The first kappa shape index (κ1) is 25.2. The number of hydrogen-bond donors (Lipinski definition) is 2. The van der Waals surface area contributed by atoms with E-state index in [1.165, 1.54) is 0 Å². The number of anilines is 1. The van der Waals surface area contributed by atoms with Crippen molar-refractivity contribution < 1.29 is 18.0 Å². The Hall–Kier alpha value is -2.87. The van der Waals surface area contributed by atoms with Crippen molar-refractivity contribution in [2.45, 2.75) is 69.2 Å². The molecule has 1 saturated carbocycles. The molecule has 2 amide bonds. The molecular formula is C27H35N3O4S. The van der Waals surface area contributed by atoms with E-state index in [4.69, 9.17) is 0 Å². The summed E-state index contributed by atoms with van der Waals surface area (Å²) in [4.78, 5) is 27.8. The molecular weight excluding hydrogens is 462 g/mol. The van der Waals surface area contributed by atoms with Gasteiger partial charge in [0.05, 0.1) is 10.8 Å². The fourth-order valence-electron chi connectivity index (χ4n) is 5.00. The molecule has 2 aliphatic rings.